The minimum absolute atomic E-state index is 0.252. The van der Waals surface area contributed by atoms with E-state index in [1.54, 1.807) is 7.11 Å². The van der Waals surface area contributed by atoms with Crippen molar-refractivity contribution < 1.29 is 4.74 Å². The number of rotatable bonds is 10. The Morgan fingerprint density at radius 3 is 2.31 bits per heavy atom. The van der Waals surface area contributed by atoms with Crippen molar-refractivity contribution in [1.29, 1.82) is 0 Å². The Labute approximate surface area is 191 Å². The number of benzene rings is 2. The van der Waals surface area contributed by atoms with E-state index in [1.807, 2.05) is 16.8 Å². The molecule has 7 heteroatoms. The van der Waals surface area contributed by atoms with Crippen LogP contribution in [0.15, 0.2) is 54.6 Å². The molecule has 0 amide bonds. The van der Waals surface area contributed by atoms with Crippen molar-refractivity contribution in [2.24, 2.45) is 0 Å². The highest BCUT2D eigenvalue weighted by atomic mass is 16.5. The highest BCUT2D eigenvalue weighted by Gasteiger charge is 2.28. The molecule has 0 bridgehead atoms. The summed E-state index contributed by atoms with van der Waals surface area (Å²) >= 11 is 0. The molecule has 2 aromatic carbocycles. The van der Waals surface area contributed by atoms with Gasteiger partial charge in [0.25, 0.3) is 0 Å². The lowest BCUT2D eigenvalue weighted by Gasteiger charge is -2.38. The summed E-state index contributed by atoms with van der Waals surface area (Å²) in [6, 6.07) is 19.1. The third-order valence-corrected chi connectivity index (χ3v) is 6.28. The van der Waals surface area contributed by atoms with Gasteiger partial charge in [0.05, 0.1) is 19.7 Å². The molecule has 0 unspecified atom stereocenters. The van der Waals surface area contributed by atoms with Crippen LogP contribution in [0.4, 0.5) is 0 Å². The lowest BCUT2D eigenvalue weighted by Crippen LogP contribution is -2.47. The first kappa shape index (κ1) is 22.4. The first-order valence-corrected chi connectivity index (χ1v) is 11.7. The van der Waals surface area contributed by atoms with Gasteiger partial charge in [-0.3, -0.25) is 9.80 Å². The van der Waals surface area contributed by atoms with Gasteiger partial charge in [-0.25, -0.2) is 4.68 Å². The number of nitrogens with zero attached hydrogens (tertiary/aromatic N) is 6. The molecule has 1 fully saturated rings. The maximum absolute atomic E-state index is 5.28. The molecule has 4 rings (SSSR count). The summed E-state index contributed by atoms with van der Waals surface area (Å²) in [4.78, 5) is 5.12. The first-order valence-electron chi connectivity index (χ1n) is 11.7. The summed E-state index contributed by atoms with van der Waals surface area (Å²) in [6.45, 7) is 8.14. The first-order chi connectivity index (χ1) is 15.8. The van der Waals surface area contributed by atoms with E-state index in [4.69, 9.17) is 4.74 Å². The minimum atomic E-state index is 0.252. The van der Waals surface area contributed by atoms with Crippen LogP contribution in [0.3, 0.4) is 0 Å². The molecule has 3 aromatic rings. The smallest absolute Gasteiger partial charge is 0.168 e. The Morgan fingerprint density at radius 1 is 0.906 bits per heavy atom. The molecule has 32 heavy (non-hydrogen) atoms. The van der Waals surface area contributed by atoms with E-state index in [0.29, 0.717) is 6.54 Å². The van der Waals surface area contributed by atoms with E-state index >= 15 is 0 Å². The van der Waals surface area contributed by atoms with Gasteiger partial charge in [-0.15, -0.1) is 5.10 Å². The number of hydrogen-bond donors (Lipinski definition) is 0. The number of ether oxygens (including phenoxy) is 1. The summed E-state index contributed by atoms with van der Waals surface area (Å²) in [7, 11) is 1.69. The predicted molar refractivity (Wildman–Crippen MR) is 125 cm³/mol. The Balaban J connectivity index is 1.43. The number of tetrazole rings is 1. The Kier molecular flexibility index (Phi) is 7.85. The molecule has 0 saturated carbocycles. The summed E-state index contributed by atoms with van der Waals surface area (Å²) in [6.07, 6.45) is 3.42. The van der Waals surface area contributed by atoms with Crippen LogP contribution >= 0.6 is 0 Å². The summed E-state index contributed by atoms with van der Waals surface area (Å²) in [5.41, 5.74) is 2.55. The zero-order valence-electron chi connectivity index (χ0n) is 19.2. The maximum atomic E-state index is 5.28. The van der Waals surface area contributed by atoms with E-state index < -0.39 is 0 Å². The molecule has 170 valence electrons. The van der Waals surface area contributed by atoms with Crippen LogP contribution < -0.4 is 4.74 Å². The third kappa shape index (κ3) is 5.72. The zero-order valence-corrected chi connectivity index (χ0v) is 19.2. The maximum Gasteiger partial charge on any atom is 0.168 e. The molecule has 7 nitrogen and oxygen atoms in total. The lowest BCUT2D eigenvalue weighted by molar-refractivity contribution is 0.0814. The predicted octanol–water partition coefficient (Wildman–Crippen LogP) is 3.78. The summed E-state index contributed by atoms with van der Waals surface area (Å²) in [5, 5.41) is 12.9. The fourth-order valence-corrected chi connectivity index (χ4v) is 4.41. The molecule has 1 aliphatic heterocycles. The number of methoxy groups -OCH3 is 1. The van der Waals surface area contributed by atoms with Crippen molar-refractivity contribution in [1.82, 2.24) is 30.0 Å². The molecule has 1 saturated heterocycles. The monoisotopic (exact) mass is 434 g/mol. The van der Waals surface area contributed by atoms with Crippen LogP contribution in [0.1, 0.15) is 49.2 Å². The van der Waals surface area contributed by atoms with Gasteiger partial charge in [-0.05, 0) is 40.1 Å². The molecule has 0 radical (unpaired) electrons. The second-order valence-corrected chi connectivity index (χ2v) is 8.50. The average Bonchev–Trinajstić information content (AvgIpc) is 3.29. The number of aromatic nitrogens is 4. The molecular weight excluding hydrogens is 400 g/mol. The Morgan fingerprint density at radius 2 is 1.62 bits per heavy atom. The molecule has 1 atom stereocenters. The molecule has 1 aromatic heterocycles. The van der Waals surface area contributed by atoms with Crippen LogP contribution in [0.25, 0.3) is 0 Å². The van der Waals surface area contributed by atoms with Gasteiger partial charge in [-0.1, -0.05) is 62.2 Å². The van der Waals surface area contributed by atoms with Gasteiger partial charge in [0, 0.05) is 32.7 Å². The highest BCUT2D eigenvalue weighted by molar-refractivity contribution is 5.27. The van der Waals surface area contributed by atoms with Crippen molar-refractivity contribution in [3.63, 3.8) is 0 Å². The average molecular weight is 435 g/mol. The molecule has 2 heterocycles. The summed E-state index contributed by atoms with van der Waals surface area (Å²) < 4.78 is 7.25. The van der Waals surface area contributed by atoms with E-state index in [-0.39, 0.29) is 6.04 Å². The SMILES string of the molecule is CCCC[C@H](c1nnnn1Cc1ccc(OC)cc1)N1CCN(Cc2ccccc2)CC1. The summed E-state index contributed by atoms with van der Waals surface area (Å²) in [5.74, 6) is 1.84. The number of unbranched alkanes of at least 4 members (excludes halogenated alkanes) is 1. The van der Waals surface area contributed by atoms with Crippen molar-refractivity contribution >= 4 is 0 Å². The van der Waals surface area contributed by atoms with Crippen LogP contribution in [0, 0.1) is 0 Å². The van der Waals surface area contributed by atoms with E-state index in [0.717, 1.165) is 50.7 Å². The van der Waals surface area contributed by atoms with E-state index in [1.165, 1.54) is 24.0 Å². The fourth-order valence-electron chi connectivity index (χ4n) is 4.41. The van der Waals surface area contributed by atoms with Crippen LogP contribution in [0.2, 0.25) is 0 Å². The minimum Gasteiger partial charge on any atom is -0.497 e. The normalized spacial score (nSPS) is 16.2. The molecular formula is C25H34N6O. The van der Waals surface area contributed by atoms with Crippen molar-refractivity contribution in [2.45, 2.75) is 45.3 Å². The van der Waals surface area contributed by atoms with Crippen molar-refractivity contribution in [3.05, 3.63) is 71.5 Å². The van der Waals surface area contributed by atoms with Crippen LogP contribution in [-0.4, -0.2) is 63.3 Å². The molecule has 0 aliphatic carbocycles. The van der Waals surface area contributed by atoms with Crippen molar-refractivity contribution in [2.75, 3.05) is 33.3 Å². The second-order valence-electron chi connectivity index (χ2n) is 8.50. The molecule has 0 N–H and O–H groups in total. The number of piperazine rings is 1. The van der Waals surface area contributed by atoms with E-state index in [9.17, 15) is 0 Å². The quantitative estimate of drug-likeness (QED) is 0.484. The second kappa shape index (κ2) is 11.2. The highest BCUT2D eigenvalue weighted by Crippen LogP contribution is 2.27. The fraction of sp³-hybridized carbons (Fsp3) is 0.480. The van der Waals surface area contributed by atoms with Gasteiger partial charge in [-0.2, -0.15) is 0 Å². The van der Waals surface area contributed by atoms with Crippen molar-refractivity contribution in [3.8, 4) is 5.75 Å². The van der Waals surface area contributed by atoms with Gasteiger partial charge in [0.2, 0.25) is 0 Å². The van der Waals surface area contributed by atoms with Gasteiger partial charge >= 0.3 is 0 Å². The van der Waals surface area contributed by atoms with Gasteiger partial charge < -0.3 is 4.74 Å². The van der Waals surface area contributed by atoms with Gasteiger partial charge in [0.15, 0.2) is 5.82 Å². The topological polar surface area (TPSA) is 59.3 Å². The Hall–Kier alpha value is -2.77. The molecule has 1 aliphatic rings. The molecule has 0 spiro atoms. The van der Waals surface area contributed by atoms with Gasteiger partial charge in [0.1, 0.15) is 5.75 Å². The van der Waals surface area contributed by atoms with E-state index in [2.05, 4.69) is 74.7 Å². The largest absolute Gasteiger partial charge is 0.497 e. The lowest BCUT2D eigenvalue weighted by atomic mass is 10.1. The zero-order chi connectivity index (χ0) is 22.2. The Bertz CT molecular complexity index is 935. The number of hydrogen-bond acceptors (Lipinski definition) is 6. The van der Waals surface area contributed by atoms with Crippen LogP contribution in [-0.2, 0) is 13.1 Å². The third-order valence-electron chi connectivity index (χ3n) is 6.28. The van der Waals surface area contributed by atoms with Crippen LogP contribution in [0.5, 0.6) is 5.75 Å². The standard InChI is InChI=1S/C25H34N6O/c1-3-4-10-24(30-17-15-29(16-18-30)19-21-8-6-5-7-9-21)25-26-27-28-31(25)20-22-11-13-23(32-2)14-12-22/h5-9,11-14,24H,3-4,10,15-20H2,1-2H3/t24-/m1/s1.